The summed E-state index contributed by atoms with van der Waals surface area (Å²) in [6, 6.07) is 11.5. The summed E-state index contributed by atoms with van der Waals surface area (Å²) in [6.07, 6.45) is 5.02. The van der Waals surface area contributed by atoms with Gasteiger partial charge in [-0.25, -0.2) is 9.78 Å². The Morgan fingerprint density at radius 1 is 1.15 bits per heavy atom. The summed E-state index contributed by atoms with van der Waals surface area (Å²) >= 11 is 0. The maximum absolute atomic E-state index is 10.7. The van der Waals surface area contributed by atoms with E-state index in [9.17, 15) is 4.79 Å². The summed E-state index contributed by atoms with van der Waals surface area (Å²) in [5.41, 5.74) is 3.12. The summed E-state index contributed by atoms with van der Waals surface area (Å²) < 4.78 is 0. The fourth-order valence-corrected chi connectivity index (χ4v) is 1.90. The van der Waals surface area contributed by atoms with E-state index in [1.54, 1.807) is 6.07 Å². The number of pyridine rings is 1. The van der Waals surface area contributed by atoms with Crippen LogP contribution in [0.25, 0.3) is 0 Å². The zero-order valence-electron chi connectivity index (χ0n) is 11.5. The number of carboxylic acid groups (broad SMARTS) is 1. The van der Waals surface area contributed by atoms with Gasteiger partial charge in [0.2, 0.25) is 0 Å². The lowest BCUT2D eigenvalue weighted by Gasteiger charge is -2.07. The van der Waals surface area contributed by atoms with Gasteiger partial charge in [0.1, 0.15) is 5.69 Å². The van der Waals surface area contributed by atoms with Gasteiger partial charge in [0.05, 0.1) is 11.9 Å². The summed E-state index contributed by atoms with van der Waals surface area (Å²) in [4.78, 5) is 14.6. The first kappa shape index (κ1) is 14.1. The molecule has 0 fully saturated rings. The number of carbonyl (C=O) groups is 1. The molecule has 2 rings (SSSR count). The molecule has 1 aromatic carbocycles. The van der Waals surface area contributed by atoms with Gasteiger partial charge in [0.15, 0.2) is 0 Å². The number of nitrogens with zero attached hydrogens (tertiary/aromatic N) is 1. The van der Waals surface area contributed by atoms with Gasteiger partial charge in [-0.1, -0.05) is 25.5 Å². The molecule has 1 heterocycles. The summed E-state index contributed by atoms with van der Waals surface area (Å²) in [5, 5.41) is 12.0. The minimum absolute atomic E-state index is 0.0467. The quantitative estimate of drug-likeness (QED) is 0.836. The Balaban J connectivity index is 2.00. The Labute approximate surface area is 118 Å². The Morgan fingerprint density at radius 3 is 2.40 bits per heavy atom. The van der Waals surface area contributed by atoms with E-state index in [1.165, 1.54) is 30.7 Å². The van der Waals surface area contributed by atoms with Crippen molar-refractivity contribution in [3.8, 4) is 0 Å². The number of aromatic carboxylic acids is 1. The molecule has 4 heteroatoms. The molecule has 20 heavy (non-hydrogen) atoms. The highest BCUT2D eigenvalue weighted by Crippen LogP contribution is 2.17. The van der Waals surface area contributed by atoms with Crippen molar-refractivity contribution in [2.45, 2.75) is 26.2 Å². The molecule has 104 valence electrons. The number of unbranched alkanes of at least 4 members (excludes halogenated alkanes) is 1. The third kappa shape index (κ3) is 3.82. The lowest BCUT2D eigenvalue weighted by Crippen LogP contribution is -2.00. The summed E-state index contributed by atoms with van der Waals surface area (Å²) in [6.45, 7) is 2.18. The predicted octanol–water partition coefficient (Wildman–Crippen LogP) is 3.87. The molecule has 0 saturated carbocycles. The maximum atomic E-state index is 10.7. The second-order valence-electron chi connectivity index (χ2n) is 4.66. The third-order valence-electron chi connectivity index (χ3n) is 3.04. The average Bonchev–Trinajstić information content (AvgIpc) is 2.47. The Kier molecular flexibility index (Phi) is 4.71. The maximum Gasteiger partial charge on any atom is 0.354 e. The van der Waals surface area contributed by atoms with Crippen LogP contribution in [0.3, 0.4) is 0 Å². The highest BCUT2D eigenvalue weighted by atomic mass is 16.4. The minimum Gasteiger partial charge on any atom is -0.477 e. The first-order valence-electron chi connectivity index (χ1n) is 6.74. The standard InChI is InChI=1S/C16H18N2O2/c1-2-3-4-12-5-7-13(8-6-12)18-14-9-10-15(16(19)20)17-11-14/h5-11,18H,2-4H2,1H3,(H,19,20). The number of hydrogen-bond acceptors (Lipinski definition) is 3. The fraction of sp³-hybridized carbons (Fsp3) is 0.250. The van der Waals surface area contributed by atoms with Crippen molar-refractivity contribution >= 4 is 17.3 Å². The van der Waals surface area contributed by atoms with Gasteiger partial charge in [0, 0.05) is 5.69 Å². The number of anilines is 2. The second-order valence-corrected chi connectivity index (χ2v) is 4.66. The van der Waals surface area contributed by atoms with Crippen molar-refractivity contribution in [1.82, 2.24) is 4.98 Å². The molecule has 0 amide bonds. The topological polar surface area (TPSA) is 62.2 Å². The molecule has 0 spiro atoms. The molecule has 0 bridgehead atoms. The molecule has 2 aromatic rings. The van der Waals surface area contributed by atoms with Crippen LogP contribution in [-0.4, -0.2) is 16.1 Å². The van der Waals surface area contributed by atoms with Gasteiger partial charge in [-0.2, -0.15) is 0 Å². The first-order valence-corrected chi connectivity index (χ1v) is 6.74. The molecular formula is C16H18N2O2. The number of nitrogens with one attached hydrogen (secondary N) is 1. The molecule has 0 radical (unpaired) electrons. The number of aromatic nitrogens is 1. The van der Waals surface area contributed by atoms with Gasteiger partial charge in [-0.05, 0) is 42.7 Å². The van der Waals surface area contributed by atoms with E-state index in [-0.39, 0.29) is 5.69 Å². The monoisotopic (exact) mass is 270 g/mol. The van der Waals surface area contributed by atoms with Crippen molar-refractivity contribution < 1.29 is 9.90 Å². The second kappa shape index (κ2) is 6.70. The molecule has 0 aliphatic carbocycles. The van der Waals surface area contributed by atoms with Crippen molar-refractivity contribution in [3.63, 3.8) is 0 Å². The van der Waals surface area contributed by atoms with E-state index in [0.29, 0.717) is 0 Å². The Hall–Kier alpha value is -2.36. The smallest absolute Gasteiger partial charge is 0.354 e. The van der Waals surface area contributed by atoms with Crippen molar-refractivity contribution in [3.05, 3.63) is 53.9 Å². The van der Waals surface area contributed by atoms with Gasteiger partial charge in [0.25, 0.3) is 0 Å². The number of benzene rings is 1. The molecule has 0 aliphatic rings. The van der Waals surface area contributed by atoms with E-state index in [2.05, 4.69) is 29.4 Å². The third-order valence-corrected chi connectivity index (χ3v) is 3.04. The molecule has 0 saturated heterocycles. The molecule has 0 aliphatic heterocycles. The van der Waals surface area contributed by atoms with Crippen LogP contribution in [0.1, 0.15) is 35.8 Å². The lowest BCUT2D eigenvalue weighted by molar-refractivity contribution is 0.0690. The minimum atomic E-state index is -1.02. The number of rotatable bonds is 6. The van der Waals surface area contributed by atoms with Crippen LogP contribution in [0.4, 0.5) is 11.4 Å². The largest absolute Gasteiger partial charge is 0.477 e. The van der Waals surface area contributed by atoms with Crippen LogP contribution >= 0.6 is 0 Å². The molecule has 0 unspecified atom stereocenters. The highest BCUT2D eigenvalue weighted by molar-refractivity contribution is 5.85. The van der Waals surface area contributed by atoms with Crippen LogP contribution in [-0.2, 0) is 6.42 Å². The SMILES string of the molecule is CCCCc1ccc(Nc2ccc(C(=O)O)nc2)cc1. The van der Waals surface area contributed by atoms with E-state index in [4.69, 9.17) is 5.11 Å². The van der Waals surface area contributed by atoms with Gasteiger partial charge in [-0.3, -0.25) is 0 Å². The fourth-order valence-electron chi connectivity index (χ4n) is 1.90. The Bertz CT molecular complexity index is 562. The van der Waals surface area contributed by atoms with Crippen LogP contribution in [0, 0.1) is 0 Å². The van der Waals surface area contributed by atoms with E-state index in [1.807, 2.05) is 12.1 Å². The van der Waals surface area contributed by atoms with Gasteiger partial charge in [-0.15, -0.1) is 0 Å². The number of aryl methyl sites for hydroxylation is 1. The van der Waals surface area contributed by atoms with Gasteiger partial charge < -0.3 is 10.4 Å². The molecule has 0 atom stereocenters. The Morgan fingerprint density at radius 2 is 1.85 bits per heavy atom. The molecule has 1 aromatic heterocycles. The van der Waals surface area contributed by atoms with Crippen LogP contribution in [0.2, 0.25) is 0 Å². The first-order chi connectivity index (χ1) is 9.69. The van der Waals surface area contributed by atoms with E-state index >= 15 is 0 Å². The van der Waals surface area contributed by atoms with Crippen molar-refractivity contribution in [2.75, 3.05) is 5.32 Å². The predicted molar refractivity (Wildman–Crippen MR) is 79.5 cm³/mol. The van der Waals surface area contributed by atoms with Crippen molar-refractivity contribution in [1.29, 1.82) is 0 Å². The van der Waals surface area contributed by atoms with E-state index in [0.717, 1.165) is 17.8 Å². The molecule has 4 nitrogen and oxygen atoms in total. The zero-order valence-corrected chi connectivity index (χ0v) is 11.5. The van der Waals surface area contributed by atoms with Gasteiger partial charge >= 0.3 is 5.97 Å². The van der Waals surface area contributed by atoms with Crippen LogP contribution in [0.15, 0.2) is 42.6 Å². The average molecular weight is 270 g/mol. The van der Waals surface area contributed by atoms with E-state index < -0.39 is 5.97 Å². The van der Waals surface area contributed by atoms with Crippen molar-refractivity contribution in [2.24, 2.45) is 0 Å². The number of carboxylic acids is 1. The zero-order chi connectivity index (χ0) is 14.4. The lowest BCUT2D eigenvalue weighted by atomic mass is 10.1. The normalized spacial score (nSPS) is 10.2. The highest BCUT2D eigenvalue weighted by Gasteiger charge is 2.03. The summed E-state index contributed by atoms with van der Waals surface area (Å²) in [5.74, 6) is -1.02. The number of hydrogen-bond donors (Lipinski definition) is 2. The van der Waals surface area contributed by atoms with Crippen LogP contribution in [0.5, 0.6) is 0 Å². The molecule has 2 N–H and O–H groups in total. The van der Waals surface area contributed by atoms with Crippen LogP contribution < -0.4 is 5.32 Å². The molecular weight excluding hydrogens is 252 g/mol. The summed E-state index contributed by atoms with van der Waals surface area (Å²) in [7, 11) is 0.